The topological polar surface area (TPSA) is 239 Å². The van der Waals surface area contributed by atoms with Crippen LogP contribution in [0.3, 0.4) is 0 Å². The smallest absolute Gasteiger partial charge is 0.296 e. The molecule has 58 heavy (non-hydrogen) atoms. The van der Waals surface area contributed by atoms with Crippen LogP contribution < -0.4 is 20.1 Å². The van der Waals surface area contributed by atoms with E-state index in [2.05, 4.69) is 19.8 Å². The third kappa shape index (κ3) is 8.59. The maximum atomic E-state index is 13.1. The number of fused-ring (bicyclic) bond motifs is 2. The number of nitrogens with one attached hydrogen (secondary N) is 3. The fourth-order valence-corrected chi connectivity index (χ4v) is 9.84. The standard InChI is InChI=1S/C39H40N4O11S4/c1-20-15-22(3)38(42-55(7,44)45)24(5)36(20)40-26-13-14-27-31(17-26)54-32-19-30(41-37-21(2)16-23(4)39(25(37)6)43-56(8,46)47)34(58(51,52)53)18-29(32)35(27)28-11-9-10-12-33(28)57(48,49)50/h9-19,40,42-43H,1-8H3,(H,48,49,50)(H,51,52,53). The highest BCUT2D eigenvalue weighted by Crippen LogP contribution is 2.44. The summed E-state index contributed by atoms with van der Waals surface area (Å²) in [7, 11) is -17.2. The SMILES string of the molecule is Cc1cc(C)c(NS(C)(=O)=O)c(C)c1N=c1cc2oc3cc(Nc4c(C)cc(C)c(NS(C)(=O)=O)c4C)ccc3c(-c3ccccc3S(=O)(=O)O)c-2cc1S(=O)(=O)O. The largest absolute Gasteiger partial charge is 0.456 e. The minimum atomic E-state index is -5.04. The van der Waals surface area contributed by atoms with E-state index in [0.29, 0.717) is 50.3 Å². The average Bonchev–Trinajstić information content (AvgIpc) is 3.09. The zero-order valence-electron chi connectivity index (χ0n) is 32.5. The Morgan fingerprint density at radius 2 is 1.14 bits per heavy atom. The van der Waals surface area contributed by atoms with Crippen LogP contribution in [0.4, 0.5) is 28.4 Å². The van der Waals surface area contributed by atoms with Gasteiger partial charge in [-0.15, -0.1) is 0 Å². The number of aryl methyl sites for hydroxylation is 4. The lowest BCUT2D eigenvalue weighted by molar-refractivity contribution is 0.480. The van der Waals surface area contributed by atoms with Gasteiger partial charge in [0.1, 0.15) is 21.1 Å². The van der Waals surface area contributed by atoms with Gasteiger partial charge < -0.3 is 9.73 Å². The Morgan fingerprint density at radius 3 is 1.72 bits per heavy atom. The zero-order valence-corrected chi connectivity index (χ0v) is 35.8. The second-order valence-corrected chi connectivity index (χ2v) is 20.5. The fourth-order valence-electron chi connectivity index (χ4n) is 7.14. The molecule has 0 fully saturated rings. The van der Waals surface area contributed by atoms with E-state index < -0.39 is 50.1 Å². The maximum absolute atomic E-state index is 13.1. The summed E-state index contributed by atoms with van der Waals surface area (Å²) in [4.78, 5) is 3.48. The van der Waals surface area contributed by atoms with Gasteiger partial charge in [-0.2, -0.15) is 16.8 Å². The van der Waals surface area contributed by atoms with Gasteiger partial charge in [0.05, 0.1) is 34.9 Å². The van der Waals surface area contributed by atoms with Crippen molar-refractivity contribution in [1.29, 1.82) is 0 Å². The summed E-state index contributed by atoms with van der Waals surface area (Å²) in [6, 6.07) is 16.3. The molecule has 0 unspecified atom stereocenters. The molecule has 0 amide bonds. The fraction of sp³-hybridized carbons (Fsp3) is 0.205. The van der Waals surface area contributed by atoms with Crippen LogP contribution in [0.25, 0.3) is 33.4 Å². The second kappa shape index (κ2) is 14.8. The third-order valence-electron chi connectivity index (χ3n) is 9.49. The van der Waals surface area contributed by atoms with Gasteiger partial charge in [-0.1, -0.05) is 30.3 Å². The van der Waals surface area contributed by atoms with E-state index in [4.69, 9.17) is 4.42 Å². The van der Waals surface area contributed by atoms with Crippen molar-refractivity contribution in [2.45, 2.75) is 51.3 Å². The molecule has 1 aliphatic heterocycles. The molecule has 0 bridgehead atoms. The monoisotopic (exact) mass is 868 g/mol. The minimum Gasteiger partial charge on any atom is -0.456 e. The Bertz CT molecular complexity index is 3210. The summed E-state index contributed by atoms with van der Waals surface area (Å²) < 4.78 is 133. The van der Waals surface area contributed by atoms with E-state index in [1.54, 1.807) is 58.9 Å². The normalized spacial score (nSPS) is 13.0. The summed E-state index contributed by atoms with van der Waals surface area (Å²) in [6.45, 7) is 10.4. The van der Waals surface area contributed by atoms with Crippen molar-refractivity contribution in [3.05, 3.63) is 105 Å². The van der Waals surface area contributed by atoms with E-state index in [-0.39, 0.29) is 44.8 Å². The molecule has 4 aromatic carbocycles. The van der Waals surface area contributed by atoms with Crippen LogP contribution in [-0.2, 0) is 40.3 Å². The molecule has 0 saturated carbocycles. The molecule has 2 aliphatic rings. The van der Waals surface area contributed by atoms with E-state index >= 15 is 0 Å². The Balaban J connectivity index is 1.70. The predicted octanol–water partition coefficient (Wildman–Crippen LogP) is 7.27. The first kappa shape index (κ1) is 42.3. The predicted molar refractivity (Wildman–Crippen MR) is 225 cm³/mol. The quantitative estimate of drug-likeness (QED) is 0.0675. The molecule has 1 heterocycles. The number of hydrogen-bond donors (Lipinski definition) is 5. The van der Waals surface area contributed by atoms with Gasteiger partial charge in [0.2, 0.25) is 20.0 Å². The summed E-state index contributed by atoms with van der Waals surface area (Å²) >= 11 is 0. The van der Waals surface area contributed by atoms with E-state index in [0.717, 1.165) is 24.1 Å². The maximum Gasteiger partial charge on any atom is 0.296 e. The Labute approximate surface area is 336 Å². The summed E-state index contributed by atoms with van der Waals surface area (Å²) in [5.74, 6) is -0.00446. The van der Waals surface area contributed by atoms with Gasteiger partial charge in [-0.05, 0) is 99.2 Å². The van der Waals surface area contributed by atoms with Crippen LogP contribution in [0.2, 0.25) is 0 Å². The number of sulfonamides is 2. The molecule has 0 saturated heterocycles. The second-order valence-electron chi connectivity index (χ2n) is 14.2. The lowest BCUT2D eigenvalue weighted by Gasteiger charge is -2.21. The van der Waals surface area contributed by atoms with Crippen LogP contribution in [0.1, 0.15) is 33.4 Å². The Morgan fingerprint density at radius 1 is 0.586 bits per heavy atom. The zero-order chi connectivity index (χ0) is 42.9. The van der Waals surface area contributed by atoms with Gasteiger partial charge in [0.15, 0.2) is 0 Å². The highest BCUT2D eigenvalue weighted by Gasteiger charge is 2.27. The number of benzene rings is 5. The minimum absolute atomic E-state index is 0.00446. The first-order valence-electron chi connectivity index (χ1n) is 17.3. The lowest BCUT2D eigenvalue weighted by Crippen LogP contribution is -2.17. The van der Waals surface area contributed by atoms with Crippen LogP contribution in [0.5, 0.6) is 0 Å². The molecule has 15 nitrogen and oxygen atoms in total. The number of rotatable bonds is 10. The Kier molecular flexibility index (Phi) is 10.8. The van der Waals surface area contributed by atoms with Crippen molar-refractivity contribution in [1.82, 2.24) is 0 Å². The molecular weight excluding hydrogens is 829 g/mol. The van der Waals surface area contributed by atoms with Crippen molar-refractivity contribution >= 4 is 79.7 Å². The molecule has 19 heteroatoms. The van der Waals surface area contributed by atoms with Crippen molar-refractivity contribution < 1.29 is 47.2 Å². The van der Waals surface area contributed by atoms with Gasteiger partial charge in [0.25, 0.3) is 20.2 Å². The molecule has 4 aromatic rings. The molecule has 6 rings (SSSR count). The van der Waals surface area contributed by atoms with E-state index in [9.17, 15) is 42.8 Å². The Hall–Kier alpha value is -5.31. The number of hydrogen-bond acceptors (Lipinski definition) is 11. The van der Waals surface area contributed by atoms with Crippen LogP contribution in [-0.4, -0.2) is 55.3 Å². The van der Waals surface area contributed by atoms with Crippen LogP contribution in [0.15, 0.2) is 85.9 Å². The first-order chi connectivity index (χ1) is 26.7. The molecule has 0 spiro atoms. The number of nitrogens with zero attached hydrogens (tertiary/aromatic N) is 1. The summed E-state index contributed by atoms with van der Waals surface area (Å²) in [5.41, 5.74) is 5.88. The third-order valence-corrected chi connectivity index (χ3v) is 12.4. The van der Waals surface area contributed by atoms with Crippen molar-refractivity contribution in [3.63, 3.8) is 0 Å². The molecule has 0 atom stereocenters. The van der Waals surface area contributed by atoms with Gasteiger partial charge >= 0.3 is 0 Å². The van der Waals surface area contributed by atoms with Gasteiger partial charge in [0, 0.05) is 45.6 Å². The van der Waals surface area contributed by atoms with Crippen LogP contribution in [0, 0.1) is 41.5 Å². The number of anilines is 4. The van der Waals surface area contributed by atoms with Gasteiger partial charge in [-0.3, -0.25) is 18.5 Å². The average molecular weight is 869 g/mol. The van der Waals surface area contributed by atoms with Gasteiger partial charge in [-0.25, -0.2) is 21.8 Å². The molecule has 5 N–H and O–H groups in total. The molecule has 306 valence electrons. The van der Waals surface area contributed by atoms with Crippen molar-refractivity contribution in [2.24, 2.45) is 4.99 Å². The summed E-state index contributed by atoms with van der Waals surface area (Å²) in [5, 5.41) is 3.34. The van der Waals surface area contributed by atoms with Crippen molar-refractivity contribution in [3.8, 4) is 22.5 Å². The molecule has 0 aromatic heterocycles. The summed E-state index contributed by atoms with van der Waals surface area (Å²) in [6.07, 6.45) is 2.05. The van der Waals surface area contributed by atoms with E-state index in [1.165, 1.54) is 30.3 Å². The lowest BCUT2D eigenvalue weighted by atomic mass is 9.93. The first-order valence-corrected chi connectivity index (χ1v) is 24.0. The van der Waals surface area contributed by atoms with Crippen LogP contribution >= 0.6 is 0 Å². The molecule has 1 aliphatic carbocycles. The highest BCUT2D eigenvalue weighted by molar-refractivity contribution is 7.92. The van der Waals surface area contributed by atoms with Crippen molar-refractivity contribution in [2.75, 3.05) is 27.3 Å². The highest BCUT2D eigenvalue weighted by atomic mass is 32.2. The molecular formula is C39H40N4O11S4. The molecule has 0 radical (unpaired) electrons. The van der Waals surface area contributed by atoms with E-state index in [1.807, 2.05) is 13.0 Å².